The van der Waals surface area contributed by atoms with Gasteiger partial charge in [-0.1, -0.05) is 5.11 Å². The van der Waals surface area contributed by atoms with Gasteiger partial charge < -0.3 is 9.84 Å². The van der Waals surface area contributed by atoms with Crippen LogP contribution in [0.3, 0.4) is 0 Å². The maximum absolute atomic E-state index is 10.5. The summed E-state index contributed by atoms with van der Waals surface area (Å²) in [6.45, 7) is 1.43. The third-order valence-corrected chi connectivity index (χ3v) is 1.66. The van der Waals surface area contributed by atoms with E-state index < -0.39 is 12.1 Å². The van der Waals surface area contributed by atoms with Crippen LogP contribution in [0, 0.1) is 0 Å². The van der Waals surface area contributed by atoms with E-state index in [1.165, 1.54) is 6.92 Å². The van der Waals surface area contributed by atoms with Crippen molar-refractivity contribution < 1.29 is 14.6 Å². The molecule has 0 heterocycles. The highest BCUT2D eigenvalue weighted by molar-refractivity contribution is 5.72. The highest BCUT2D eigenvalue weighted by atomic mass is 16.5. The van der Waals surface area contributed by atoms with E-state index in [0.29, 0.717) is 11.4 Å². The number of carboxylic acids is 1. The fourth-order valence-electron chi connectivity index (χ4n) is 0.898. The van der Waals surface area contributed by atoms with E-state index >= 15 is 0 Å². The lowest BCUT2D eigenvalue weighted by Crippen LogP contribution is -2.22. The predicted octanol–water partition coefficient (Wildman–Crippen LogP) is 2.48. The zero-order chi connectivity index (χ0) is 11.3. The SMILES string of the molecule is C[C@@H](Oc1ccc(N=[N+]=[N-])cc1)C(=O)O. The summed E-state index contributed by atoms with van der Waals surface area (Å²) < 4.78 is 5.07. The van der Waals surface area contributed by atoms with Crippen LogP contribution in [0.15, 0.2) is 29.4 Å². The molecule has 0 saturated heterocycles. The lowest BCUT2D eigenvalue weighted by atomic mass is 10.3. The standard InChI is InChI=1S/C9H9N3O3/c1-6(9(13)14)15-8-4-2-7(3-5-8)11-12-10/h2-6H,1H3,(H,13,14)/t6-/m1/s1. The molecule has 78 valence electrons. The van der Waals surface area contributed by atoms with Crippen molar-refractivity contribution in [2.75, 3.05) is 0 Å². The molecular weight excluding hydrogens is 198 g/mol. The Hall–Kier alpha value is -2.20. The summed E-state index contributed by atoms with van der Waals surface area (Å²) in [5.41, 5.74) is 8.61. The number of azide groups is 1. The first-order chi connectivity index (χ1) is 7.13. The number of benzene rings is 1. The molecule has 6 nitrogen and oxygen atoms in total. The molecule has 1 rings (SSSR count). The number of rotatable bonds is 4. The molecule has 6 heteroatoms. The molecule has 0 saturated carbocycles. The molecule has 1 N–H and O–H groups in total. The Labute approximate surface area is 85.7 Å². The third-order valence-electron chi connectivity index (χ3n) is 1.66. The Morgan fingerprint density at radius 2 is 2.13 bits per heavy atom. The summed E-state index contributed by atoms with van der Waals surface area (Å²) in [7, 11) is 0. The van der Waals surface area contributed by atoms with Gasteiger partial charge in [0, 0.05) is 10.6 Å². The molecule has 0 aliphatic rings. The van der Waals surface area contributed by atoms with Gasteiger partial charge in [-0.2, -0.15) is 0 Å². The van der Waals surface area contributed by atoms with Gasteiger partial charge in [-0.25, -0.2) is 4.79 Å². The number of carbonyl (C=O) groups is 1. The lowest BCUT2D eigenvalue weighted by molar-refractivity contribution is -0.144. The molecule has 0 fully saturated rings. The summed E-state index contributed by atoms with van der Waals surface area (Å²) in [5, 5.41) is 12.0. The van der Waals surface area contributed by atoms with Gasteiger partial charge in [0.1, 0.15) is 5.75 Å². The fraction of sp³-hybridized carbons (Fsp3) is 0.222. The number of carboxylic acid groups (broad SMARTS) is 1. The quantitative estimate of drug-likeness (QED) is 0.466. The van der Waals surface area contributed by atoms with Crippen LogP contribution < -0.4 is 4.74 Å². The summed E-state index contributed by atoms with van der Waals surface area (Å²) in [5.74, 6) is -0.615. The van der Waals surface area contributed by atoms with E-state index in [-0.39, 0.29) is 0 Å². The minimum Gasteiger partial charge on any atom is -0.479 e. The van der Waals surface area contributed by atoms with Crippen LogP contribution in [0.25, 0.3) is 10.4 Å². The van der Waals surface area contributed by atoms with Crippen molar-refractivity contribution in [2.24, 2.45) is 5.11 Å². The molecule has 0 radical (unpaired) electrons. The highest BCUT2D eigenvalue weighted by Gasteiger charge is 2.11. The van der Waals surface area contributed by atoms with Crippen LogP contribution in [0.5, 0.6) is 5.75 Å². The van der Waals surface area contributed by atoms with E-state index in [1.807, 2.05) is 0 Å². The van der Waals surface area contributed by atoms with Crippen molar-refractivity contribution in [3.63, 3.8) is 0 Å². The number of nitrogens with zero attached hydrogens (tertiary/aromatic N) is 3. The van der Waals surface area contributed by atoms with Crippen LogP contribution in [-0.2, 0) is 4.79 Å². The molecule has 0 aliphatic heterocycles. The Balaban J connectivity index is 2.72. The average molecular weight is 207 g/mol. The van der Waals surface area contributed by atoms with Crippen molar-refractivity contribution in [1.29, 1.82) is 0 Å². The molecule has 1 aromatic rings. The van der Waals surface area contributed by atoms with Gasteiger partial charge in [0.15, 0.2) is 6.10 Å². The minimum atomic E-state index is -1.03. The van der Waals surface area contributed by atoms with Crippen molar-refractivity contribution in [3.05, 3.63) is 34.7 Å². The highest BCUT2D eigenvalue weighted by Crippen LogP contribution is 2.19. The molecule has 15 heavy (non-hydrogen) atoms. The summed E-state index contributed by atoms with van der Waals surface area (Å²) >= 11 is 0. The van der Waals surface area contributed by atoms with E-state index in [4.69, 9.17) is 15.4 Å². The van der Waals surface area contributed by atoms with Crippen molar-refractivity contribution in [2.45, 2.75) is 13.0 Å². The molecule has 0 amide bonds. The van der Waals surface area contributed by atoms with E-state index in [1.54, 1.807) is 24.3 Å². The maximum Gasteiger partial charge on any atom is 0.344 e. The van der Waals surface area contributed by atoms with Crippen LogP contribution in [-0.4, -0.2) is 17.2 Å². The van der Waals surface area contributed by atoms with Crippen molar-refractivity contribution in [3.8, 4) is 5.75 Å². The minimum absolute atomic E-state index is 0.418. The number of ether oxygens (including phenoxy) is 1. The molecular formula is C9H9N3O3. The molecule has 1 aromatic carbocycles. The smallest absolute Gasteiger partial charge is 0.344 e. The van der Waals surface area contributed by atoms with Gasteiger partial charge in [0.25, 0.3) is 0 Å². The van der Waals surface area contributed by atoms with Crippen LogP contribution >= 0.6 is 0 Å². The van der Waals surface area contributed by atoms with Crippen LogP contribution in [0.2, 0.25) is 0 Å². The third kappa shape index (κ3) is 3.21. The van der Waals surface area contributed by atoms with E-state index in [9.17, 15) is 4.79 Å². The first-order valence-electron chi connectivity index (χ1n) is 4.18. The van der Waals surface area contributed by atoms with Crippen molar-refractivity contribution in [1.82, 2.24) is 0 Å². The first kappa shape index (κ1) is 10.9. The summed E-state index contributed by atoms with van der Waals surface area (Å²) in [6, 6.07) is 6.18. The normalized spacial score (nSPS) is 11.3. The molecule has 0 unspecified atom stereocenters. The zero-order valence-corrected chi connectivity index (χ0v) is 7.99. The summed E-state index contributed by atoms with van der Waals surface area (Å²) in [4.78, 5) is 13.1. The Kier molecular flexibility index (Phi) is 3.54. The van der Waals surface area contributed by atoms with Crippen LogP contribution in [0.1, 0.15) is 6.92 Å². The molecule has 0 bridgehead atoms. The largest absolute Gasteiger partial charge is 0.479 e. The van der Waals surface area contributed by atoms with Gasteiger partial charge in [0.2, 0.25) is 0 Å². The molecule has 0 aliphatic carbocycles. The lowest BCUT2D eigenvalue weighted by Gasteiger charge is -2.09. The fourth-order valence-corrected chi connectivity index (χ4v) is 0.898. The van der Waals surface area contributed by atoms with Gasteiger partial charge in [-0.05, 0) is 36.7 Å². The molecule has 0 aromatic heterocycles. The van der Waals surface area contributed by atoms with Gasteiger partial charge in [-0.15, -0.1) is 0 Å². The second kappa shape index (κ2) is 4.88. The average Bonchev–Trinajstić information content (AvgIpc) is 2.21. The molecule has 0 spiro atoms. The Bertz CT molecular complexity index is 396. The topological polar surface area (TPSA) is 95.3 Å². The Morgan fingerprint density at radius 3 is 2.60 bits per heavy atom. The van der Waals surface area contributed by atoms with Crippen LogP contribution in [0.4, 0.5) is 5.69 Å². The second-order valence-electron chi connectivity index (χ2n) is 2.78. The second-order valence-corrected chi connectivity index (χ2v) is 2.78. The molecule has 1 atom stereocenters. The van der Waals surface area contributed by atoms with E-state index in [0.717, 1.165) is 0 Å². The monoisotopic (exact) mass is 207 g/mol. The maximum atomic E-state index is 10.5. The van der Waals surface area contributed by atoms with Gasteiger partial charge >= 0.3 is 5.97 Å². The zero-order valence-electron chi connectivity index (χ0n) is 7.99. The number of hydrogen-bond acceptors (Lipinski definition) is 3. The Morgan fingerprint density at radius 1 is 1.53 bits per heavy atom. The summed E-state index contributed by atoms with van der Waals surface area (Å²) in [6.07, 6.45) is -0.907. The van der Waals surface area contributed by atoms with E-state index in [2.05, 4.69) is 10.0 Å². The first-order valence-corrected chi connectivity index (χ1v) is 4.18. The predicted molar refractivity (Wildman–Crippen MR) is 53.0 cm³/mol. The van der Waals surface area contributed by atoms with Gasteiger partial charge in [0.05, 0.1) is 0 Å². The number of hydrogen-bond donors (Lipinski definition) is 1. The van der Waals surface area contributed by atoms with Gasteiger partial charge in [-0.3, -0.25) is 0 Å². The van der Waals surface area contributed by atoms with Crippen molar-refractivity contribution >= 4 is 11.7 Å². The number of aliphatic carboxylic acids is 1.